The lowest BCUT2D eigenvalue weighted by Crippen LogP contribution is -2.44. The summed E-state index contributed by atoms with van der Waals surface area (Å²) in [6.07, 6.45) is 5.59. The maximum atomic E-state index is 13.2. The Balaban J connectivity index is 1.77. The minimum Gasteiger partial charge on any atom is -0.460 e. The Morgan fingerprint density at radius 2 is 1.68 bits per heavy atom. The smallest absolute Gasteiger partial charge is 0.329 e. The highest BCUT2D eigenvalue weighted by molar-refractivity contribution is 5.97. The lowest BCUT2D eigenvalue weighted by Gasteiger charge is -2.25. The van der Waals surface area contributed by atoms with Gasteiger partial charge < -0.3 is 25.4 Å². The standard InChI is InChI=1S/C33H41N5O6/c1-9-18-38(20-21-10-15-25-24(19-21)29(41)37(8)31(34)36-25)23-13-11-22(12-14-23)28(40)35-26(30(42)44-33(5,6)7)16-17-27(39)43-32(2,3)4/h1,10-15,19,26H,16-18,20H2,2-8H3,(H2,34,36)(H,35,40)/t26-/m0/s1. The fourth-order valence-corrected chi connectivity index (χ4v) is 4.34. The number of nitrogens with one attached hydrogen (secondary N) is 1. The first kappa shape index (κ1) is 33.6. The van der Waals surface area contributed by atoms with Crippen LogP contribution >= 0.6 is 0 Å². The number of hydrogen-bond acceptors (Lipinski definition) is 9. The van der Waals surface area contributed by atoms with Gasteiger partial charge in [0.1, 0.15) is 17.2 Å². The van der Waals surface area contributed by atoms with Crippen LogP contribution in [-0.4, -0.2) is 51.2 Å². The van der Waals surface area contributed by atoms with Gasteiger partial charge in [0.25, 0.3) is 11.5 Å². The van der Waals surface area contributed by atoms with Gasteiger partial charge in [0.15, 0.2) is 0 Å². The molecular weight excluding hydrogens is 562 g/mol. The van der Waals surface area contributed by atoms with E-state index in [1.807, 2.05) is 11.0 Å². The van der Waals surface area contributed by atoms with E-state index in [0.29, 0.717) is 23.0 Å². The second-order valence-electron chi connectivity index (χ2n) is 12.5. The first-order chi connectivity index (χ1) is 20.5. The Morgan fingerprint density at radius 3 is 2.27 bits per heavy atom. The molecule has 1 amide bonds. The predicted molar refractivity (Wildman–Crippen MR) is 170 cm³/mol. The van der Waals surface area contributed by atoms with Crippen molar-refractivity contribution in [3.63, 3.8) is 0 Å². The summed E-state index contributed by atoms with van der Waals surface area (Å²) in [6.45, 7) is 11.1. The number of aromatic nitrogens is 2. The number of ether oxygens (including phenoxy) is 2. The van der Waals surface area contributed by atoms with Gasteiger partial charge in [0.05, 0.1) is 17.4 Å². The minimum atomic E-state index is -1.06. The number of fused-ring (bicyclic) bond motifs is 1. The molecule has 11 heteroatoms. The fourth-order valence-electron chi connectivity index (χ4n) is 4.34. The van der Waals surface area contributed by atoms with Crippen LogP contribution in [0.15, 0.2) is 47.3 Å². The second-order valence-corrected chi connectivity index (χ2v) is 12.5. The minimum absolute atomic E-state index is 0.0145. The van der Waals surface area contributed by atoms with Crippen molar-refractivity contribution in [3.8, 4) is 12.3 Å². The number of terminal acetylenes is 1. The highest BCUT2D eigenvalue weighted by Crippen LogP contribution is 2.21. The maximum Gasteiger partial charge on any atom is 0.329 e. The Labute approximate surface area is 257 Å². The highest BCUT2D eigenvalue weighted by atomic mass is 16.6. The van der Waals surface area contributed by atoms with E-state index in [-0.39, 0.29) is 30.9 Å². The van der Waals surface area contributed by atoms with Gasteiger partial charge in [-0.2, -0.15) is 0 Å². The summed E-state index contributed by atoms with van der Waals surface area (Å²) >= 11 is 0. The molecule has 0 aliphatic heterocycles. The molecule has 1 aromatic heterocycles. The number of anilines is 2. The van der Waals surface area contributed by atoms with Crippen molar-refractivity contribution in [2.24, 2.45) is 7.05 Å². The van der Waals surface area contributed by atoms with E-state index in [2.05, 4.69) is 16.2 Å². The molecule has 0 aliphatic carbocycles. The molecule has 3 rings (SSSR count). The zero-order chi connectivity index (χ0) is 32.8. The van der Waals surface area contributed by atoms with Gasteiger partial charge in [0, 0.05) is 31.3 Å². The summed E-state index contributed by atoms with van der Waals surface area (Å²) < 4.78 is 12.1. The number of nitrogen functional groups attached to an aromatic ring is 1. The number of carbonyl (C=O) groups is 3. The Hall–Kier alpha value is -4.85. The van der Waals surface area contributed by atoms with Crippen LogP contribution in [0.3, 0.4) is 0 Å². The Kier molecular flexibility index (Phi) is 10.4. The van der Waals surface area contributed by atoms with Gasteiger partial charge in [0.2, 0.25) is 5.95 Å². The van der Waals surface area contributed by atoms with E-state index in [4.69, 9.17) is 21.6 Å². The van der Waals surface area contributed by atoms with Crippen molar-refractivity contribution in [2.45, 2.75) is 78.2 Å². The molecule has 3 N–H and O–H groups in total. The van der Waals surface area contributed by atoms with Crippen LogP contribution in [0.2, 0.25) is 0 Å². The van der Waals surface area contributed by atoms with Gasteiger partial charge in [-0.1, -0.05) is 12.0 Å². The van der Waals surface area contributed by atoms with Gasteiger partial charge in [-0.25, -0.2) is 9.78 Å². The van der Waals surface area contributed by atoms with Crippen molar-refractivity contribution >= 4 is 40.4 Å². The zero-order valence-corrected chi connectivity index (χ0v) is 26.4. The maximum absolute atomic E-state index is 13.2. The molecule has 0 saturated heterocycles. The molecule has 11 nitrogen and oxygen atoms in total. The Morgan fingerprint density at radius 1 is 1.05 bits per heavy atom. The number of nitrogens with two attached hydrogens (primary N) is 1. The SMILES string of the molecule is C#CCN(Cc1ccc2nc(N)n(C)c(=O)c2c1)c1ccc(C(=O)N[C@@H](CCC(=O)OC(C)(C)C)C(=O)OC(C)(C)C)cc1. The zero-order valence-electron chi connectivity index (χ0n) is 26.4. The van der Waals surface area contributed by atoms with Crippen LogP contribution in [0.5, 0.6) is 0 Å². The largest absolute Gasteiger partial charge is 0.460 e. The van der Waals surface area contributed by atoms with Crippen LogP contribution in [-0.2, 0) is 32.7 Å². The lowest BCUT2D eigenvalue weighted by atomic mass is 10.1. The van der Waals surface area contributed by atoms with Crippen molar-refractivity contribution in [1.82, 2.24) is 14.9 Å². The average molecular weight is 604 g/mol. The normalized spacial score (nSPS) is 12.2. The van der Waals surface area contributed by atoms with E-state index in [1.165, 1.54) is 4.57 Å². The average Bonchev–Trinajstić information content (AvgIpc) is 2.92. The van der Waals surface area contributed by atoms with Crippen LogP contribution in [0, 0.1) is 12.3 Å². The van der Waals surface area contributed by atoms with E-state index in [1.54, 1.807) is 85.0 Å². The molecule has 0 radical (unpaired) electrons. The molecule has 44 heavy (non-hydrogen) atoms. The number of hydrogen-bond donors (Lipinski definition) is 2. The Bertz CT molecular complexity index is 1620. The van der Waals surface area contributed by atoms with Crippen LogP contribution in [0.1, 0.15) is 70.3 Å². The van der Waals surface area contributed by atoms with Gasteiger partial charge in [-0.3, -0.25) is 19.0 Å². The topological polar surface area (TPSA) is 146 Å². The van der Waals surface area contributed by atoms with Crippen LogP contribution in [0.25, 0.3) is 10.9 Å². The molecule has 2 aromatic carbocycles. The lowest BCUT2D eigenvalue weighted by molar-refractivity contribution is -0.158. The third-order valence-corrected chi connectivity index (χ3v) is 6.38. The summed E-state index contributed by atoms with van der Waals surface area (Å²) in [5.74, 6) is 1.15. The molecule has 0 unspecified atom stereocenters. The molecule has 0 bridgehead atoms. The number of carbonyl (C=O) groups excluding carboxylic acids is 3. The molecule has 3 aromatic rings. The van der Waals surface area contributed by atoms with E-state index in [0.717, 1.165) is 11.3 Å². The third kappa shape index (κ3) is 9.33. The summed E-state index contributed by atoms with van der Waals surface area (Å²) in [7, 11) is 1.57. The molecular formula is C33H41N5O6. The second kappa shape index (κ2) is 13.6. The predicted octanol–water partition coefficient (Wildman–Crippen LogP) is 3.72. The number of rotatable bonds is 10. The quantitative estimate of drug-likeness (QED) is 0.262. The van der Waals surface area contributed by atoms with Crippen molar-refractivity contribution < 1.29 is 23.9 Å². The molecule has 1 atom stereocenters. The van der Waals surface area contributed by atoms with E-state index >= 15 is 0 Å². The van der Waals surface area contributed by atoms with E-state index in [9.17, 15) is 19.2 Å². The monoisotopic (exact) mass is 603 g/mol. The number of esters is 2. The third-order valence-electron chi connectivity index (χ3n) is 6.38. The van der Waals surface area contributed by atoms with Gasteiger partial charge in [-0.05, 0) is 89.9 Å². The molecule has 234 valence electrons. The molecule has 0 saturated carbocycles. The molecule has 1 heterocycles. The molecule has 0 aliphatic rings. The summed E-state index contributed by atoms with van der Waals surface area (Å²) in [6, 6.07) is 11.0. The van der Waals surface area contributed by atoms with Gasteiger partial charge in [-0.15, -0.1) is 6.42 Å². The van der Waals surface area contributed by atoms with Crippen molar-refractivity contribution in [2.75, 3.05) is 17.2 Å². The summed E-state index contributed by atoms with van der Waals surface area (Å²) in [5, 5.41) is 3.15. The highest BCUT2D eigenvalue weighted by Gasteiger charge is 2.28. The van der Waals surface area contributed by atoms with Crippen LogP contribution < -0.4 is 21.5 Å². The van der Waals surface area contributed by atoms with E-state index < -0.39 is 35.1 Å². The van der Waals surface area contributed by atoms with Crippen molar-refractivity contribution in [1.29, 1.82) is 0 Å². The number of amides is 1. The first-order valence-corrected chi connectivity index (χ1v) is 14.3. The fraction of sp³-hybridized carbons (Fsp3) is 0.424. The van der Waals surface area contributed by atoms with Gasteiger partial charge >= 0.3 is 11.9 Å². The first-order valence-electron chi connectivity index (χ1n) is 14.3. The molecule has 0 spiro atoms. The number of nitrogens with zero attached hydrogens (tertiary/aromatic N) is 3. The summed E-state index contributed by atoms with van der Waals surface area (Å²) in [4.78, 5) is 57.3. The summed E-state index contributed by atoms with van der Waals surface area (Å²) in [5.41, 5.74) is 6.51. The molecule has 0 fully saturated rings. The van der Waals surface area contributed by atoms with Crippen molar-refractivity contribution in [3.05, 3.63) is 63.9 Å². The van der Waals surface area contributed by atoms with Crippen LogP contribution in [0.4, 0.5) is 11.6 Å². The number of benzene rings is 2.